The molecule has 1 fully saturated rings. The standard InChI is InChI=1S/C8H11BrN4O/c9-6-7(11-3-12-8(6)14)13-5-1-4(10)2-5/h3-5H,1-2,10H2,(H2,11,12,13,14). The number of H-pyrrole nitrogens is 1. The molecule has 0 unspecified atom stereocenters. The Morgan fingerprint density at radius 2 is 2.36 bits per heavy atom. The molecule has 76 valence electrons. The predicted octanol–water partition coefficient (Wildman–Crippen LogP) is 0.434. The van der Waals surface area contributed by atoms with Gasteiger partial charge in [0.05, 0.1) is 6.33 Å². The number of aromatic amines is 1. The summed E-state index contributed by atoms with van der Waals surface area (Å²) < 4.78 is 0.445. The van der Waals surface area contributed by atoms with Crippen LogP contribution >= 0.6 is 15.9 Å². The molecule has 0 saturated heterocycles. The zero-order valence-electron chi connectivity index (χ0n) is 7.46. The van der Waals surface area contributed by atoms with Crippen LogP contribution in [0.15, 0.2) is 15.6 Å². The minimum absolute atomic E-state index is 0.175. The lowest BCUT2D eigenvalue weighted by atomic mass is 9.88. The van der Waals surface area contributed by atoms with E-state index in [9.17, 15) is 4.79 Å². The average Bonchev–Trinajstić information content (AvgIpc) is 2.10. The molecule has 1 aromatic heterocycles. The molecule has 0 aromatic carbocycles. The number of anilines is 1. The molecule has 0 aliphatic heterocycles. The van der Waals surface area contributed by atoms with Gasteiger partial charge in [0.25, 0.3) is 5.56 Å². The van der Waals surface area contributed by atoms with Gasteiger partial charge in [-0.1, -0.05) is 0 Å². The zero-order valence-corrected chi connectivity index (χ0v) is 9.04. The van der Waals surface area contributed by atoms with Crippen molar-refractivity contribution in [2.45, 2.75) is 24.9 Å². The van der Waals surface area contributed by atoms with Crippen molar-refractivity contribution in [2.24, 2.45) is 5.73 Å². The van der Waals surface area contributed by atoms with E-state index in [4.69, 9.17) is 5.73 Å². The topological polar surface area (TPSA) is 83.8 Å². The Kier molecular flexibility index (Phi) is 2.56. The molecular weight excluding hydrogens is 248 g/mol. The molecule has 0 atom stereocenters. The van der Waals surface area contributed by atoms with Crippen LogP contribution in [0.1, 0.15) is 12.8 Å². The highest BCUT2D eigenvalue weighted by atomic mass is 79.9. The van der Waals surface area contributed by atoms with Gasteiger partial charge in [0.1, 0.15) is 10.3 Å². The number of hydrogen-bond donors (Lipinski definition) is 3. The summed E-state index contributed by atoms with van der Waals surface area (Å²) >= 11 is 3.18. The number of rotatable bonds is 2. The molecule has 0 radical (unpaired) electrons. The highest BCUT2D eigenvalue weighted by molar-refractivity contribution is 9.10. The fraction of sp³-hybridized carbons (Fsp3) is 0.500. The third-order valence-electron chi connectivity index (χ3n) is 2.31. The molecule has 5 nitrogen and oxygen atoms in total. The monoisotopic (exact) mass is 258 g/mol. The van der Waals surface area contributed by atoms with Gasteiger partial charge in [0.2, 0.25) is 0 Å². The number of aromatic nitrogens is 2. The average molecular weight is 259 g/mol. The summed E-state index contributed by atoms with van der Waals surface area (Å²) in [5.41, 5.74) is 5.48. The van der Waals surface area contributed by atoms with E-state index in [0.717, 1.165) is 12.8 Å². The van der Waals surface area contributed by atoms with E-state index < -0.39 is 0 Å². The molecule has 1 aromatic rings. The second-order valence-corrected chi connectivity index (χ2v) is 4.26. The van der Waals surface area contributed by atoms with E-state index in [1.54, 1.807) is 0 Å². The SMILES string of the molecule is NC1CC(Nc2nc[nH]c(=O)c2Br)C1. The van der Waals surface area contributed by atoms with E-state index in [2.05, 4.69) is 31.2 Å². The summed E-state index contributed by atoms with van der Waals surface area (Å²) in [4.78, 5) is 17.7. The van der Waals surface area contributed by atoms with Crippen molar-refractivity contribution in [3.05, 3.63) is 21.2 Å². The lowest BCUT2D eigenvalue weighted by Crippen LogP contribution is -2.44. The predicted molar refractivity (Wildman–Crippen MR) is 57.2 cm³/mol. The first-order chi connectivity index (χ1) is 6.66. The maximum absolute atomic E-state index is 11.2. The fourth-order valence-corrected chi connectivity index (χ4v) is 1.79. The number of halogens is 1. The van der Waals surface area contributed by atoms with Crippen LogP contribution < -0.4 is 16.6 Å². The van der Waals surface area contributed by atoms with E-state index >= 15 is 0 Å². The minimum Gasteiger partial charge on any atom is -0.366 e. The Bertz CT molecular complexity index is 385. The Labute approximate surface area is 89.2 Å². The molecule has 14 heavy (non-hydrogen) atoms. The molecule has 1 aliphatic carbocycles. The normalized spacial score (nSPS) is 25.6. The fourth-order valence-electron chi connectivity index (χ4n) is 1.46. The third kappa shape index (κ3) is 1.80. The van der Waals surface area contributed by atoms with Gasteiger partial charge in [-0.05, 0) is 28.8 Å². The quantitative estimate of drug-likeness (QED) is 0.719. The molecule has 2 rings (SSSR count). The number of hydrogen-bond acceptors (Lipinski definition) is 4. The maximum atomic E-state index is 11.2. The lowest BCUT2D eigenvalue weighted by Gasteiger charge is -2.33. The largest absolute Gasteiger partial charge is 0.366 e. The van der Waals surface area contributed by atoms with Crippen LogP contribution in [0.25, 0.3) is 0 Å². The Morgan fingerprint density at radius 3 is 3.00 bits per heavy atom. The first-order valence-electron chi connectivity index (χ1n) is 4.42. The van der Waals surface area contributed by atoms with Gasteiger partial charge in [0, 0.05) is 12.1 Å². The van der Waals surface area contributed by atoms with Gasteiger partial charge in [0.15, 0.2) is 0 Å². The van der Waals surface area contributed by atoms with Crippen molar-refractivity contribution in [2.75, 3.05) is 5.32 Å². The summed E-state index contributed by atoms with van der Waals surface area (Å²) in [5.74, 6) is 0.589. The van der Waals surface area contributed by atoms with Gasteiger partial charge >= 0.3 is 0 Å². The van der Waals surface area contributed by atoms with Crippen LogP contribution in [0, 0.1) is 0 Å². The summed E-state index contributed by atoms with van der Waals surface area (Å²) in [7, 11) is 0. The van der Waals surface area contributed by atoms with Crippen LogP contribution in [0.4, 0.5) is 5.82 Å². The van der Waals surface area contributed by atoms with Crippen LogP contribution in [-0.2, 0) is 0 Å². The van der Waals surface area contributed by atoms with Crippen molar-refractivity contribution >= 4 is 21.7 Å². The first kappa shape index (κ1) is 9.67. The molecule has 0 amide bonds. The molecular formula is C8H11BrN4O. The van der Waals surface area contributed by atoms with E-state index in [1.165, 1.54) is 6.33 Å². The Morgan fingerprint density at radius 1 is 1.64 bits per heavy atom. The third-order valence-corrected chi connectivity index (χ3v) is 3.05. The van der Waals surface area contributed by atoms with Gasteiger partial charge < -0.3 is 16.0 Å². The zero-order chi connectivity index (χ0) is 10.1. The van der Waals surface area contributed by atoms with E-state index in [0.29, 0.717) is 16.3 Å². The lowest BCUT2D eigenvalue weighted by molar-refractivity contribution is 0.373. The van der Waals surface area contributed by atoms with Crippen molar-refractivity contribution in [1.29, 1.82) is 0 Å². The minimum atomic E-state index is -0.175. The molecule has 0 spiro atoms. The number of nitrogens with zero attached hydrogens (tertiary/aromatic N) is 1. The summed E-state index contributed by atoms with van der Waals surface area (Å²) in [5, 5.41) is 3.16. The smallest absolute Gasteiger partial charge is 0.267 e. The highest BCUT2D eigenvalue weighted by Gasteiger charge is 2.26. The maximum Gasteiger partial charge on any atom is 0.267 e. The van der Waals surface area contributed by atoms with E-state index in [1.807, 2.05) is 0 Å². The van der Waals surface area contributed by atoms with Crippen molar-refractivity contribution in [3.8, 4) is 0 Å². The second-order valence-electron chi connectivity index (χ2n) is 3.47. The molecule has 1 aliphatic rings. The molecule has 6 heteroatoms. The molecule has 0 bridgehead atoms. The van der Waals surface area contributed by atoms with Gasteiger partial charge in [-0.2, -0.15) is 0 Å². The number of nitrogens with two attached hydrogens (primary N) is 1. The second kappa shape index (κ2) is 3.70. The highest BCUT2D eigenvalue weighted by Crippen LogP contribution is 2.23. The first-order valence-corrected chi connectivity index (χ1v) is 5.21. The van der Waals surface area contributed by atoms with Crippen molar-refractivity contribution in [1.82, 2.24) is 9.97 Å². The Balaban J connectivity index is 2.10. The summed E-state index contributed by atoms with van der Waals surface area (Å²) in [6, 6.07) is 0.629. The summed E-state index contributed by atoms with van der Waals surface area (Å²) in [6.07, 6.45) is 3.25. The summed E-state index contributed by atoms with van der Waals surface area (Å²) in [6.45, 7) is 0. The number of nitrogens with one attached hydrogen (secondary N) is 2. The van der Waals surface area contributed by atoms with E-state index in [-0.39, 0.29) is 11.6 Å². The van der Waals surface area contributed by atoms with Gasteiger partial charge in [-0.15, -0.1) is 0 Å². The Hall–Kier alpha value is -0.880. The van der Waals surface area contributed by atoms with Gasteiger partial charge in [-0.3, -0.25) is 4.79 Å². The molecule has 4 N–H and O–H groups in total. The molecule has 1 saturated carbocycles. The molecule has 1 heterocycles. The van der Waals surface area contributed by atoms with Crippen LogP contribution in [0.2, 0.25) is 0 Å². The van der Waals surface area contributed by atoms with Crippen LogP contribution in [0.3, 0.4) is 0 Å². The van der Waals surface area contributed by atoms with Crippen LogP contribution in [-0.4, -0.2) is 22.1 Å². The van der Waals surface area contributed by atoms with Gasteiger partial charge in [-0.25, -0.2) is 4.98 Å². The van der Waals surface area contributed by atoms with Crippen molar-refractivity contribution < 1.29 is 0 Å². The van der Waals surface area contributed by atoms with Crippen LogP contribution in [0.5, 0.6) is 0 Å². The van der Waals surface area contributed by atoms with Crippen molar-refractivity contribution in [3.63, 3.8) is 0 Å².